The SMILES string of the molecule is CC(C)(C)c1cccc(-c2nc3ccccc3[nH]2)c1. The average Bonchev–Trinajstić information content (AvgIpc) is 2.81. The van der Waals surface area contributed by atoms with Crippen LogP contribution in [0, 0.1) is 0 Å². The maximum absolute atomic E-state index is 4.65. The largest absolute Gasteiger partial charge is 0.338 e. The van der Waals surface area contributed by atoms with Crippen molar-refractivity contribution in [2.24, 2.45) is 0 Å². The van der Waals surface area contributed by atoms with Gasteiger partial charge in [0, 0.05) is 5.56 Å². The van der Waals surface area contributed by atoms with Gasteiger partial charge in [0.2, 0.25) is 0 Å². The van der Waals surface area contributed by atoms with Crippen LogP contribution in [-0.2, 0) is 5.41 Å². The Bertz CT molecular complexity index is 684. The van der Waals surface area contributed by atoms with Crippen LogP contribution in [0.4, 0.5) is 0 Å². The molecule has 1 N–H and O–H groups in total. The number of fused-ring (bicyclic) bond motifs is 1. The van der Waals surface area contributed by atoms with E-state index >= 15 is 0 Å². The molecule has 0 fully saturated rings. The van der Waals surface area contributed by atoms with Crippen LogP contribution in [0.1, 0.15) is 26.3 Å². The minimum atomic E-state index is 0.155. The van der Waals surface area contributed by atoms with Gasteiger partial charge in [-0.2, -0.15) is 0 Å². The maximum atomic E-state index is 4.65. The molecule has 0 aliphatic rings. The van der Waals surface area contributed by atoms with Gasteiger partial charge in [0.05, 0.1) is 11.0 Å². The Kier molecular flexibility index (Phi) is 2.67. The third kappa shape index (κ3) is 2.26. The predicted molar refractivity (Wildman–Crippen MR) is 80.2 cm³/mol. The summed E-state index contributed by atoms with van der Waals surface area (Å²) in [5.74, 6) is 0.937. The van der Waals surface area contributed by atoms with Crippen LogP contribution < -0.4 is 0 Å². The zero-order chi connectivity index (χ0) is 13.5. The minimum absolute atomic E-state index is 0.155. The van der Waals surface area contributed by atoms with E-state index in [-0.39, 0.29) is 5.41 Å². The first kappa shape index (κ1) is 12.0. The number of H-pyrrole nitrogens is 1. The van der Waals surface area contributed by atoms with Crippen molar-refractivity contribution in [3.05, 3.63) is 54.1 Å². The molecule has 0 amide bonds. The van der Waals surface area contributed by atoms with Gasteiger partial charge in [-0.25, -0.2) is 4.98 Å². The fourth-order valence-corrected chi connectivity index (χ4v) is 2.22. The summed E-state index contributed by atoms with van der Waals surface area (Å²) in [6.07, 6.45) is 0. The number of nitrogens with one attached hydrogen (secondary N) is 1. The van der Waals surface area contributed by atoms with E-state index in [0.29, 0.717) is 0 Å². The Morgan fingerprint density at radius 1 is 0.947 bits per heavy atom. The van der Waals surface area contributed by atoms with Crippen molar-refractivity contribution in [3.63, 3.8) is 0 Å². The number of para-hydroxylation sites is 2. The summed E-state index contributed by atoms with van der Waals surface area (Å²) in [7, 11) is 0. The number of aromatic amines is 1. The van der Waals surface area contributed by atoms with Crippen LogP contribution in [0.25, 0.3) is 22.4 Å². The molecule has 0 bridgehead atoms. The van der Waals surface area contributed by atoms with Crippen LogP contribution in [0.3, 0.4) is 0 Å². The number of hydrogen-bond acceptors (Lipinski definition) is 1. The van der Waals surface area contributed by atoms with Crippen LogP contribution in [0.2, 0.25) is 0 Å². The Balaban J connectivity index is 2.11. The van der Waals surface area contributed by atoms with Crippen LogP contribution >= 0.6 is 0 Å². The minimum Gasteiger partial charge on any atom is -0.338 e. The lowest BCUT2D eigenvalue weighted by molar-refractivity contribution is 0.590. The van der Waals surface area contributed by atoms with E-state index in [1.165, 1.54) is 5.56 Å². The van der Waals surface area contributed by atoms with Gasteiger partial charge in [0.25, 0.3) is 0 Å². The van der Waals surface area contributed by atoms with Gasteiger partial charge in [0.15, 0.2) is 0 Å². The fraction of sp³-hybridized carbons (Fsp3) is 0.235. The summed E-state index contributed by atoms with van der Waals surface area (Å²) < 4.78 is 0. The molecule has 3 rings (SSSR count). The van der Waals surface area contributed by atoms with Crippen molar-refractivity contribution in [2.75, 3.05) is 0 Å². The summed E-state index contributed by atoms with van der Waals surface area (Å²) in [6.45, 7) is 6.68. The first-order chi connectivity index (χ1) is 9.04. The molecule has 2 heteroatoms. The fourth-order valence-electron chi connectivity index (χ4n) is 2.22. The second kappa shape index (κ2) is 4.23. The number of rotatable bonds is 1. The number of imidazole rings is 1. The Labute approximate surface area is 113 Å². The van der Waals surface area contributed by atoms with Crippen molar-refractivity contribution in [1.29, 1.82) is 0 Å². The molecule has 19 heavy (non-hydrogen) atoms. The highest BCUT2D eigenvalue weighted by molar-refractivity contribution is 5.79. The molecule has 96 valence electrons. The second-order valence-corrected chi connectivity index (χ2v) is 5.93. The maximum Gasteiger partial charge on any atom is 0.138 e. The summed E-state index contributed by atoms with van der Waals surface area (Å²) >= 11 is 0. The van der Waals surface area contributed by atoms with Gasteiger partial charge < -0.3 is 4.98 Å². The molecule has 0 radical (unpaired) electrons. The van der Waals surface area contributed by atoms with E-state index in [0.717, 1.165) is 22.4 Å². The van der Waals surface area contributed by atoms with Crippen molar-refractivity contribution < 1.29 is 0 Å². The smallest absolute Gasteiger partial charge is 0.138 e. The second-order valence-electron chi connectivity index (χ2n) is 5.93. The number of benzene rings is 2. The zero-order valence-electron chi connectivity index (χ0n) is 11.6. The number of nitrogens with zero attached hydrogens (tertiary/aromatic N) is 1. The quantitative estimate of drug-likeness (QED) is 0.675. The molecular formula is C17H18N2. The number of hydrogen-bond donors (Lipinski definition) is 1. The van der Waals surface area contributed by atoms with Gasteiger partial charge in [-0.1, -0.05) is 51.1 Å². The third-order valence-corrected chi connectivity index (χ3v) is 3.39. The number of aromatic nitrogens is 2. The van der Waals surface area contributed by atoms with Crippen molar-refractivity contribution >= 4 is 11.0 Å². The Morgan fingerprint density at radius 2 is 1.74 bits per heavy atom. The highest BCUT2D eigenvalue weighted by Crippen LogP contribution is 2.27. The first-order valence-electron chi connectivity index (χ1n) is 6.60. The van der Waals surface area contributed by atoms with Crippen molar-refractivity contribution in [1.82, 2.24) is 9.97 Å². The lowest BCUT2D eigenvalue weighted by Gasteiger charge is -2.19. The molecule has 3 aromatic rings. The lowest BCUT2D eigenvalue weighted by Crippen LogP contribution is -2.10. The molecule has 2 nitrogen and oxygen atoms in total. The van der Waals surface area contributed by atoms with Gasteiger partial charge in [-0.15, -0.1) is 0 Å². The molecule has 0 aliphatic carbocycles. The Hall–Kier alpha value is -2.09. The van der Waals surface area contributed by atoms with E-state index in [2.05, 4.69) is 61.1 Å². The molecule has 0 spiro atoms. The summed E-state index contributed by atoms with van der Waals surface area (Å²) in [5.41, 5.74) is 4.72. The van der Waals surface area contributed by atoms with E-state index in [9.17, 15) is 0 Å². The topological polar surface area (TPSA) is 28.7 Å². The molecule has 1 aromatic heterocycles. The van der Waals surface area contributed by atoms with Gasteiger partial charge in [-0.3, -0.25) is 0 Å². The molecule has 2 aromatic carbocycles. The van der Waals surface area contributed by atoms with Crippen molar-refractivity contribution in [2.45, 2.75) is 26.2 Å². The Morgan fingerprint density at radius 3 is 2.47 bits per heavy atom. The molecule has 0 atom stereocenters. The lowest BCUT2D eigenvalue weighted by atomic mass is 9.86. The van der Waals surface area contributed by atoms with E-state index < -0.39 is 0 Å². The zero-order valence-corrected chi connectivity index (χ0v) is 11.6. The van der Waals surface area contributed by atoms with Crippen molar-refractivity contribution in [3.8, 4) is 11.4 Å². The summed E-state index contributed by atoms with van der Waals surface area (Å²) in [5, 5.41) is 0. The summed E-state index contributed by atoms with van der Waals surface area (Å²) in [4.78, 5) is 8.03. The predicted octanol–water partition coefficient (Wildman–Crippen LogP) is 4.53. The van der Waals surface area contributed by atoms with Crippen LogP contribution in [-0.4, -0.2) is 9.97 Å². The van der Waals surface area contributed by atoms with E-state index in [1.54, 1.807) is 0 Å². The average molecular weight is 250 g/mol. The van der Waals surface area contributed by atoms with E-state index in [1.807, 2.05) is 18.2 Å². The first-order valence-corrected chi connectivity index (χ1v) is 6.60. The molecule has 0 saturated carbocycles. The van der Waals surface area contributed by atoms with Crippen LogP contribution in [0.15, 0.2) is 48.5 Å². The summed E-state index contributed by atoms with van der Waals surface area (Å²) in [6, 6.07) is 16.7. The molecule has 0 aliphatic heterocycles. The standard InChI is InChI=1S/C17H18N2/c1-17(2,3)13-8-6-7-12(11-13)16-18-14-9-4-5-10-15(14)19-16/h4-11H,1-3H3,(H,18,19). The van der Waals surface area contributed by atoms with Crippen LogP contribution in [0.5, 0.6) is 0 Å². The normalized spacial score (nSPS) is 11.9. The van der Waals surface area contributed by atoms with Gasteiger partial charge in [-0.05, 0) is 29.2 Å². The highest BCUT2D eigenvalue weighted by Gasteiger charge is 2.14. The van der Waals surface area contributed by atoms with Gasteiger partial charge >= 0.3 is 0 Å². The molecular weight excluding hydrogens is 232 g/mol. The molecule has 0 unspecified atom stereocenters. The van der Waals surface area contributed by atoms with E-state index in [4.69, 9.17) is 0 Å². The van der Waals surface area contributed by atoms with Gasteiger partial charge in [0.1, 0.15) is 5.82 Å². The monoisotopic (exact) mass is 250 g/mol. The highest BCUT2D eigenvalue weighted by atomic mass is 14.9. The molecule has 1 heterocycles. The molecule has 0 saturated heterocycles. The third-order valence-electron chi connectivity index (χ3n) is 3.39.